The fourth-order valence-electron chi connectivity index (χ4n) is 1.79. The van der Waals surface area contributed by atoms with Crippen molar-refractivity contribution in [2.24, 2.45) is 0 Å². The Morgan fingerprint density at radius 1 is 1.18 bits per heavy atom. The standard InChI is InChI=1S/C14H13NO2/c1-9-12(6-3-7-13(9)15)10-4-2-5-11(8-10)14(16)17/h2-8H,15H2,1H3,(H,16,17). The normalized spacial score (nSPS) is 10.2. The van der Waals surface area contributed by atoms with Gasteiger partial charge in [-0.1, -0.05) is 24.3 Å². The number of rotatable bonds is 2. The van der Waals surface area contributed by atoms with E-state index in [4.69, 9.17) is 10.8 Å². The van der Waals surface area contributed by atoms with Crippen molar-refractivity contribution in [3.63, 3.8) is 0 Å². The highest BCUT2D eigenvalue weighted by Crippen LogP contribution is 2.27. The minimum absolute atomic E-state index is 0.282. The smallest absolute Gasteiger partial charge is 0.335 e. The van der Waals surface area contributed by atoms with Crippen molar-refractivity contribution >= 4 is 11.7 Å². The molecule has 0 aliphatic rings. The lowest BCUT2D eigenvalue weighted by Gasteiger charge is -2.09. The summed E-state index contributed by atoms with van der Waals surface area (Å²) in [7, 11) is 0. The molecule has 0 amide bonds. The highest BCUT2D eigenvalue weighted by Gasteiger charge is 2.07. The summed E-state index contributed by atoms with van der Waals surface area (Å²) < 4.78 is 0. The molecular formula is C14H13NO2. The number of anilines is 1. The average Bonchev–Trinajstić information content (AvgIpc) is 2.33. The lowest BCUT2D eigenvalue weighted by molar-refractivity contribution is 0.0697. The van der Waals surface area contributed by atoms with E-state index in [2.05, 4.69) is 0 Å². The van der Waals surface area contributed by atoms with Gasteiger partial charge < -0.3 is 10.8 Å². The van der Waals surface area contributed by atoms with E-state index in [1.807, 2.05) is 31.2 Å². The van der Waals surface area contributed by atoms with Gasteiger partial charge in [-0.15, -0.1) is 0 Å². The van der Waals surface area contributed by atoms with Crippen molar-refractivity contribution in [2.45, 2.75) is 6.92 Å². The second-order valence-electron chi connectivity index (χ2n) is 3.91. The van der Waals surface area contributed by atoms with E-state index in [9.17, 15) is 4.79 Å². The summed E-state index contributed by atoms with van der Waals surface area (Å²) in [5.74, 6) is -0.923. The third-order valence-corrected chi connectivity index (χ3v) is 2.80. The van der Waals surface area contributed by atoms with Crippen LogP contribution in [0.15, 0.2) is 42.5 Å². The Kier molecular flexibility index (Phi) is 2.83. The van der Waals surface area contributed by atoms with E-state index in [0.29, 0.717) is 5.69 Å². The summed E-state index contributed by atoms with van der Waals surface area (Å²) in [6.07, 6.45) is 0. The Morgan fingerprint density at radius 3 is 2.59 bits per heavy atom. The first-order valence-corrected chi connectivity index (χ1v) is 5.28. The van der Waals surface area contributed by atoms with Gasteiger partial charge in [-0.05, 0) is 41.8 Å². The molecule has 0 aliphatic heterocycles. The summed E-state index contributed by atoms with van der Waals surface area (Å²) in [6.45, 7) is 1.93. The van der Waals surface area contributed by atoms with E-state index >= 15 is 0 Å². The number of hydrogen-bond acceptors (Lipinski definition) is 2. The molecule has 0 aromatic heterocycles. The Hall–Kier alpha value is -2.29. The Bertz CT molecular complexity index is 576. The van der Waals surface area contributed by atoms with Gasteiger partial charge in [0.05, 0.1) is 5.56 Å². The van der Waals surface area contributed by atoms with E-state index in [-0.39, 0.29) is 5.56 Å². The van der Waals surface area contributed by atoms with Gasteiger partial charge in [0.15, 0.2) is 0 Å². The molecule has 0 spiro atoms. The predicted molar refractivity (Wildman–Crippen MR) is 68.0 cm³/mol. The van der Waals surface area contributed by atoms with Gasteiger partial charge >= 0.3 is 5.97 Å². The quantitative estimate of drug-likeness (QED) is 0.775. The number of aromatic carboxylic acids is 1. The zero-order chi connectivity index (χ0) is 12.4. The van der Waals surface area contributed by atoms with Crippen LogP contribution in [0.3, 0.4) is 0 Å². The first kappa shape index (κ1) is 11.2. The predicted octanol–water partition coefficient (Wildman–Crippen LogP) is 2.94. The summed E-state index contributed by atoms with van der Waals surface area (Å²) in [4.78, 5) is 10.9. The van der Waals surface area contributed by atoms with Crippen molar-refractivity contribution in [1.82, 2.24) is 0 Å². The molecule has 0 aliphatic carbocycles. The molecule has 0 saturated carbocycles. The topological polar surface area (TPSA) is 63.3 Å². The van der Waals surface area contributed by atoms with Crippen LogP contribution in [0.25, 0.3) is 11.1 Å². The average molecular weight is 227 g/mol. The van der Waals surface area contributed by atoms with Gasteiger partial charge in [-0.3, -0.25) is 0 Å². The summed E-state index contributed by atoms with van der Waals surface area (Å²) in [5.41, 5.74) is 9.64. The van der Waals surface area contributed by atoms with E-state index in [0.717, 1.165) is 16.7 Å². The molecule has 86 valence electrons. The maximum atomic E-state index is 10.9. The number of carbonyl (C=O) groups is 1. The second-order valence-corrected chi connectivity index (χ2v) is 3.91. The zero-order valence-corrected chi connectivity index (χ0v) is 9.47. The minimum atomic E-state index is -0.923. The lowest BCUT2D eigenvalue weighted by atomic mass is 9.98. The molecule has 0 unspecified atom stereocenters. The Balaban J connectivity index is 2.57. The molecule has 0 fully saturated rings. The summed E-state index contributed by atoms with van der Waals surface area (Å²) in [6, 6.07) is 12.5. The van der Waals surface area contributed by atoms with Crippen LogP contribution in [0.5, 0.6) is 0 Å². The Morgan fingerprint density at radius 2 is 1.88 bits per heavy atom. The van der Waals surface area contributed by atoms with Gasteiger partial charge in [-0.25, -0.2) is 4.79 Å². The fourth-order valence-corrected chi connectivity index (χ4v) is 1.79. The lowest BCUT2D eigenvalue weighted by Crippen LogP contribution is -1.97. The molecule has 2 aromatic rings. The monoisotopic (exact) mass is 227 g/mol. The molecule has 2 rings (SSSR count). The van der Waals surface area contributed by atoms with Crippen molar-refractivity contribution < 1.29 is 9.90 Å². The van der Waals surface area contributed by atoms with Crippen molar-refractivity contribution in [1.29, 1.82) is 0 Å². The maximum Gasteiger partial charge on any atom is 0.335 e. The number of benzene rings is 2. The molecule has 0 atom stereocenters. The highest BCUT2D eigenvalue weighted by molar-refractivity contribution is 5.89. The highest BCUT2D eigenvalue weighted by atomic mass is 16.4. The van der Waals surface area contributed by atoms with Crippen molar-refractivity contribution in [2.75, 3.05) is 5.73 Å². The van der Waals surface area contributed by atoms with Gasteiger partial charge in [-0.2, -0.15) is 0 Å². The maximum absolute atomic E-state index is 10.9. The van der Waals surface area contributed by atoms with Crippen molar-refractivity contribution in [3.05, 3.63) is 53.6 Å². The molecule has 0 bridgehead atoms. The molecule has 3 nitrogen and oxygen atoms in total. The van der Waals surface area contributed by atoms with Crippen LogP contribution >= 0.6 is 0 Å². The van der Waals surface area contributed by atoms with Crippen LogP contribution in [0.4, 0.5) is 5.69 Å². The van der Waals surface area contributed by atoms with Crippen LogP contribution in [-0.2, 0) is 0 Å². The largest absolute Gasteiger partial charge is 0.478 e. The number of nitrogens with two attached hydrogens (primary N) is 1. The van der Waals surface area contributed by atoms with E-state index < -0.39 is 5.97 Å². The molecule has 17 heavy (non-hydrogen) atoms. The molecular weight excluding hydrogens is 214 g/mol. The summed E-state index contributed by atoms with van der Waals surface area (Å²) >= 11 is 0. The molecule has 0 radical (unpaired) electrons. The van der Waals surface area contributed by atoms with Gasteiger partial charge in [0.2, 0.25) is 0 Å². The van der Waals surface area contributed by atoms with Crippen LogP contribution in [0.2, 0.25) is 0 Å². The van der Waals surface area contributed by atoms with E-state index in [1.54, 1.807) is 18.2 Å². The molecule has 0 saturated heterocycles. The minimum Gasteiger partial charge on any atom is -0.478 e. The third-order valence-electron chi connectivity index (χ3n) is 2.80. The first-order chi connectivity index (χ1) is 8.09. The molecule has 0 heterocycles. The number of carboxylic acid groups (broad SMARTS) is 1. The third kappa shape index (κ3) is 2.13. The number of carboxylic acids is 1. The van der Waals surface area contributed by atoms with Gasteiger partial charge in [0, 0.05) is 5.69 Å². The van der Waals surface area contributed by atoms with Crippen LogP contribution in [0.1, 0.15) is 15.9 Å². The second kappa shape index (κ2) is 4.29. The van der Waals surface area contributed by atoms with E-state index in [1.165, 1.54) is 0 Å². The zero-order valence-electron chi connectivity index (χ0n) is 9.47. The van der Waals surface area contributed by atoms with Gasteiger partial charge in [0.1, 0.15) is 0 Å². The SMILES string of the molecule is Cc1c(N)cccc1-c1cccc(C(=O)O)c1. The molecule has 3 heteroatoms. The molecule has 3 N–H and O–H groups in total. The van der Waals surface area contributed by atoms with Crippen LogP contribution in [-0.4, -0.2) is 11.1 Å². The van der Waals surface area contributed by atoms with Crippen molar-refractivity contribution in [3.8, 4) is 11.1 Å². The number of hydrogen-bond donors (Lipinski definition) is 2. The fraction of sp³-hybridized carbons (Fsp3) is 0.0714. The van der Waals surface area contributed by atoms with Crippen LogP contribution in [0, 0.1) is 6.92 Å². The molecule has 2 aromatic carbocycles. The Labute approximate surface area is 99.5 Å². The summed E-state index contributed by atoms with van der Waals surface area (Å²) in [5, 5.41) is 8.96. The van der Waals surface area contributed by atoms with Gasteiger partial charge in [0.25, 0.3) is 0 Å². The van der Waals surface area contributed by atoms with Crippen LogP contribution < -0.4 is 5.73 Å². The first-order valence-electron chi connectivity index (χ1n) is 5.28. The number of nitrogen functional groups attached to an aromatic ring is 1.